The maximum atomic E-state index is 14.6. The van der Waals surface area contributed by atoms with Crippen LogP contribution in [0, 0.1) is 5.82 Å². The molecule has 162 valence electrons. The molecule has 1 N–H and O–H groups in total. The fraction of sp³-hybridized carbons (Fsp3) is 0.231. The van der Waals surface area contributed by atoms with Gasteiger partial charge in [0.05, 0.1) is 0 Å². The Hall–Kier alpha value is -3.35. The summed E-state index contributed by atoms with van der Waals surface area (Å²) in [5, 5.41) is 0.828. The first-order valence-corrected chi connectivity index (χ1v) is 10.8. The van der Waals surface area contributed by atoms with Crippen LogP contribution in [0.3, 0.4) is 0 Å². The number of rotatable bonds is 5. The standard InChI is InChI=1S/C26H25FN4O/c1-30-7-9-31(10-8-30)16-18-3-2-4-20(11-18)21-13-23-24(15-29-26(23)28-14-21)22-12-19(17-32)5-6-25(22)27/h2-6,11-15,17H,7-10,16H2,1H3,(H,28,29). The summed E-state index contributed by atoms with van der Waals surface area (Å²) in [5.74, 6) is -0.365. The number of piperazine rings is 1. The maximum absolute atomic E-state index is 14.6. The molecule has 5 rings (SSSR count). The minimum absolute atomic E-state index is 0.365. The molecular weight excluding hydrogens is 403 g/mol. The van der Waals surface area contributed by atoms with Gasteiger partial charge in [-0.3, -0.25) is 9.69 Å². The number of fused-ring (bicyclic) bond motifs is 1. The molecule has 3 heterocycles. The van der Waals surface area contributed by atoms with Crippen molar-refractivity contribution in [2.45, 2.75) is 6.54 Å². The lowest BCUT2D eigenvalue weighted by Crippen LogP contribution is -2.43. The maximum Gasteiger partial charge on any atom is 0.150 e. The van der Waals surface area contributed by atoms with Crippen molar-refractivity contribution in [1.82, 2.24) is 19.8 Å². The smallest absolute Gasteiger partial charge is 0.150 e. The second-order valence-corrected chi connectivity index (χ2v) is 8.46. The predicted octanol–water partition coefficient (Wildman–Crippen LogP) is 4.60. The molecular formula is C26H25FN4O. The molecule has 32 heavy (non-hydrogen) atoms. The fourth-order valence-corrected chi connectivity index (χ4v) is 4.32. The molecule has 2 aromatic carbocycles. The van der Waals surface area contributed by atoms with Gasteiger partial charge in [-0.1, -0.05) is 18.2 Å². The first kappa shape index (κ1) is 20.5. The summed E-state index contributed by atoms with van der Waals surface area (Å²) in [6, 6.07) is 15.0. The van der Waals surface area contributed by atoms with Gasteiger partial charge in [0, 0.05) is 72.8 Å². The molecule has 0 saturated carbocycles. The number of H-pyrrole nitrogens is 1. The van der Waals surface area contributed by atoms with Gasteiger partial charge in [-0.25, -0.2) is 9.37 Å². The number of carbonyl (C=O) groups excluding carboxylic acids is 1. The zero-order chi connectivity index (χ0) is 22.1. The van der Waals surface area contributed by atoms with E-state index in [1.165, 1.54) is 17.7 Å². The van der Waals surface area contributed by atoms with Gasteiger partial charge in [0.1, 0.15) is 17.8 Å². The lowest BCUT2D eigenvalue weighted by molar-refractivity contribution is 0.112. The van der Waals surface area contributed by atoms with Crippen LogP contribution in [0.15, 0.2) is 60.9 Å². The number of aromatic nitrogens is 2. The number of pyridine rings is 1. The quantitative estimate of drug-likeness (QED) is 0.472. The zero-order valence-electron chi connectivity index (χ0n) is 18.0. The second kappa shape index (κ2) is 8.65. The van der Waals surface area contributed by atoms with Crippen molar-refractivity contribution in [1.29, 1.82) is 0 Å². The molecule has 5 nitrogen and oxygen atoms in total. The van der Waals surface area contributed by atoms with Crippen LogP contribution in [-0.4, -0.2) is 59.3 Å². The summed E-state index contributed by atoms with van der Waals surface area (Å²) in [7, 11) is 2.16. The summed E-state index contributed by atoms with van der Waals surface area (Å²) in [5.41, 5.74) is 5.55. The van der Waals surface area contributed by atoms with Gasteiger partial charge in [0.25, 0.3) is 0 Å². The van der Waals surface area contributed by atoms with Crippen LogP contribution in [0.25, 0.3) is 33.3 Å². The Morgan fingerprint density at radius 3 is 2.69 bits per heavy atom. The predicted molar refractivity (Wildman–Crippen MR) is 125 cm³/mol. The third-order valence-corrected chi connectivity index (χ3v) is 6.21. The summed E-state index contributed by atoms with van der Waals surface area (Å²) < 4.78 is 14.6. The molecule has 0 spiro atoms. The number of aromatic amines is 1. The minimum Gasteiger partial charge on any atom is -0.346 e. The SMILES string of the molecule is CN1CCN(Cc2cccc(-c3cnc4[nH]cc(-c5cc(C=O)ccc5F)c4c3)c2)CC1. The Morgan fingerprint density at radius 2 is 1.88 bits per heavy atom. The van der Waals surface area contributed by atoms with Crippen LogP contribution in [-0.2, 0) is 6.54 Å². The summed E-state index contributed by atoms with van der Waals surface area (Å²) in [6.45, 7) is 5.27. The highest BCUT2D eigenvalue weighted by Crippen LogP contribution is 2.33. The van der Waals surface area contributed by atoms with E-state index in [4.69, 9.17) is 0 Å². The van der Waals surface area contributed by atoms with Crippen LogP contribution in [0.5, 0.6) is 0 Å². The molecule has 1 saturated heterocycles. The van der Waals surface area contributed by atoms with Gasteiger partial charge in [-0.2, -0.15) is 0 Å². The van der Waals surface area contributed by atoms with E-state index in [0.717, 1.165) is 55.5 Å². The fourth-order valence-electron chi connectivity index (χ4n) is 4.32. The van der Waals surface area contributed by atoms with Crippen molar-refractivity contribution in [3.63, 3.8) is 0 Å². The Kier molecular flexibility index (Phi) is 5.55. The molecule has 0 aliphatic carbocycles. The van der Waals surface area contributed by atoms with Crippen molar-refractivity contribution >= 4 is 17.3 Å². The van der Waals surface area contributed by atoms with E-state index in [1.807, 2.05) is 12.3 Å². The van der Waals surface area contributed by atoms with E-state index in [-0.39, 0.29) is 5.82 Å². The molecule has 6 heteroatoms. The van der Waals surface area contributed by atoms with Gasteiger partial charge in [0.2, 0.25) is 0 Å². The number of hydrogen-bond acceptors (Lipinski definition) is 4. The third-order valence-electron chi connectivity index (χ3n) is 6.21. The van der Waals surface area contributed by atoms with Crippen LogP contribution in [0.4, 0.5) is 4.39 Å². The topological polar surface area (TPSA) is 52.2 Å². The largest absolute Gasteiger partial charge is 0.346 e. The Balaban J connectivity index is 1.48. The van der Waals surface area contributed by atoms with E-state index in [0.29, 0.717) is 22.3 Å². The number of aldehydes is 1. The highest BCUT2D eigenvalue weighted by atomic mass is 19.1. The van der Waals surface area contributed by atoms with E-state index in [1.54, 1.807) is 12.3 Å². The second-order valence-electron chi connectivity index (χ2n) is 8.46. The lowest BCUT2D eigenvalue weighted by Gasteiger charge is -2.32. The Bertz CT molecular complexity index is 1270. The van der Waals surface area contributed by atoms with Crippen molar-refractivity contribution in [3.8, 4) is 22.3 Å². The Morgan fingerprint density at radius 1 is 1.03 bits per heavy atom. The van der Waals surface area contributed by atoms with E-state index in [2.05, 4.69) is 51.1 Å². The van der Waals surface area contributed by atoms with Crippen molar-refractivity contribution in [3.05, 3.63) is 77.9 Å². The molecule has 2 aromatic heterocycles. The van der Waals surface area contributed by atoms with Gasteiger partial charge < -0.3 is 9.88 Å². The molecule has 1 aliphatic rings. The van der Waals surface area contributed by atoms with Crippen LogP contribution in [0.2, 0.25) is 0 Å². The van der Waals surface area contributed by atoms with E-state index < -0.39 is 0 Å². The third kappa shape index (κ3) is 4.07. The number of nitrogens with zero attached hydrogens (tertiary/aromatic N) is 3. The molecule has 1 fully saturated rings. The van der Waals surface area contributed by atoms with Crippen molar-refractivity contribution in [2.75, 3.05) is 33.2 Å². The molecule has 0 bridgehead atoms. The molecule has 0 atom stereocenters. The van der Waals surface area contributed by atoms with E-state index in [9.17, 15) is 9.18 Å². The van der Waals surface area contributed by atoms with Crippen LogP contribution in [0.1, 0.15) is 15.9 Å². The van der Waals surface area contributed by atoms with Crippen LogP contribution >= 0.6 is 0 Å². The summed E-state index contributed by atoms with van der Waals surface area (Å²) >= 11 is 0. The molecule has 4 aromatic rings. The van der Waals surface area contributed by atoms with Gasteiger partial charge in [-0.05, 0) is 48.5 Å². The molecule has 0 amide bonds. The number of hydrogen-bond donors (Lipinski definition) is 1. The summed E-state index contributed by atoms with van der Waals surface area (Å²) in [4.78, 5) is 23.7. The number of carbonyl (C=O) groups is 1. The number of nitrogens with one attached hydrogen (secondary N) is 1. The Labute approximate surface area is 186 Å². The number of likely N-dealkylation sites (N-methyl/N-ethyl adjacent to an activating group) is 1. The van der Waals surface area contributed by atoms with Gasteiger partial charge in [-0.15, -0.1) is 0 Å². The molecule has 0 radical (unpaired) electrons. The van der Waals surface area contributed by atoms with Crippen molar-refractivity contribution < 1.29 is 9.18 Å². The first-order chi connectivity index (χ1) is 15.6. The number of benzene rings is 2. The monoisotopic (exact) mass is 428 g/mol. The minimum atomic E-state index is -0.365. The highest BCUT2D eigenvalue weighted by molar-refractivity contribution is 5.96. The number of halogens is 1. The van der Waals surface area contributed by atoms with Crippen LogP contribution < -0.4 is 0 Å². The van der Waals surface area contributed by atoms with Gasteiger partial charge >= 0.3 is 0 Å². The summed E-state index contributed by atoms with van der Waals surface area (Å²) in [6.07, 6.45) is 4.32. The zero-order valence-corrected chi connectivity index (χ0v) is 18.0. The van der Waals surface area contributed by atoms with E-state index >= 15 is 0 Å². The molecule has 1 aliphatic heterocycles. The van der Waals surface area contributed by atoms with Crippen molar-refractivity contribution in [2.24, 2.45) is 0 Å². The molecule has 0 unspecified atom stereocenters. The normalized spacial score (nSPS) is 15.3. The first-order valence-electron chi connectivity index (χ1n) is 10.8. The highest BCUT2D eigenvalue weighted by Gasteiger charge is 2.15. The lowest BCUT2D eigenvalue weighted by atomic mass is 9.99. The average molecular weight is 429 g/mol. The van der Waals surface area contributed by atoms with Gasteiger partial charge in [0.15, 0.2) is 0 Å². The average Bonchev–Trinajstić information content (AvgIpc) is 3.24.